The lowest BCUT2D eigenvalue weighted by molar-refractivity contribution is -0.130. The highest BCUT2D eigenvalue weighted by atomic mass is 35.5. The van der Waals surface area contributed by atoms with Gasteiger partial charge in [0.15, 0.2) is 0 Å². The molecule has 0 unspecified atom stereocenters. The summed E-state index contributed by atoms with van der Waals surface area (Å²) in [6.45, 7) is 3.19. The van der Waals surface area contributed by atoms with Crippen LogP contribution in [0.3, 0.4) is 0 Å². The Hall–Kier alpha value is -2.12. The van der Waals surface area contributed by atoms with Crippen LogP contribution in [0, 0.1) is 0 Å². The second-order valence-electron chi connectivity index (χ2n) is 5.72. The summed E-state index contributed by atoms with van der Waals surface area (Å²) in [5.74, 6) is -0.793. The molecule has 1 aromatic carbocycles. The summed E-state index contributed by atoms with van der Waals surface area (Å²) in [6, 6.07) is 4.37. The highest BCUT2D eigenvalue weighted by Crippen LogP contribution is 2.19. The van der Waals surface area contributed by atoms with Gasteiger partial charge in [-0.1, -0.05) is 29.3 Å². The average Bonchev–Trinajstić information content (AvgIpc) is 2.68. The van der Waals surface area contributed by atoms with E-state index in [2.05, 4.69) is 15.8 Å². The maximum absolute atomic E-state index is 12.0. The first kappa shape index (κ1) is 18.2. The number of imide groups is 1. The van der Waals surface area contributed by atoms with Crippen molar-refractivity contribution in [2.75, 3.05) is 6.54 Å². The Kier molecular flexibility index (Phi) is 5.46. The van der Waals surface area contributed by atoms with E-state index in [-0.39, 0.29) is 18.9 Å². The zero-order valence-electron chi connectivity index (χ0n) is 13.1. The van der Waals surface area contributed by atoms with E-state index >= 15 is 0 Å². The smallest absolute Gasteiger partial charge is 0.324 e. The minimum absolute atomic E-state index is 0.0167. The summed E-state index contributed by atoms with van der Waals surface area (Å²) < 4.78 is 0. The Balaban J connectivity index is 1.85. The highest BCUT2D eigenvalue weighted by Gasteiger charge is 2.43. The predicted molar refractivity (Wildman–Crippen MR) is 91.1 cm³/mol. The summed E-state index contributed by atoms with van der Waals surface area (Å²) in [5, 5.41) is 7.23. The van der Waals surface area contributed by atoms with Crippen molar-refractivity contribution in [3.8, 4) is 0 Å². The predicted octanol–water partition coefficient (Wildman–Crippen LogP) is 2.16. The molecule has 1 heterocycles. The van der Waals surface area contributed by atoms with Crippen molar-refractivity contribution in [1.82, 2.24) is 15.6 Å². The van der Waals surface area contributed by atoms with Crippen molar-refractivity contribution < 1.29 is 14.4 Å². The molecule has 1 aromatic rings. The van der Waals surface area contributed by atoms with E-state index in [0.717, 1.165) is 4.90 Å². The minimum Gasteiger partial charge on any atom is -0.324 e. The number of rotatable bonds is 5. The second-order valence-corrected chi connectivity index (χ2v) is 6.56. The third-order valence-electron chi connectivity index (χ3n) is 3.36. The lowest BCUT2D eigenvalue weighted by Gasteiger charge is -2.15. The van der Waals surface area contributed by atoms with Crippen LogP contribution >= 0.6 is 23.2 Å². The Morgan fingerprint density at radius 1 is 1.38 bits per heavy atom. The molecule has 0 spiro atoms. The van der Waals surface area contributed by atoms with E-state index in [9.17, 15) is 14.4 Å². The molecule has 1 saturated heterocycles. The maximum Gasteiger partial charge on any atom is 0.325 e. The standard InChI is InChI=1S/C15H16Cl2N4O3/c1-15(2)13(23)21(14(24)19-15)6-5-12(22)20-18-8-9-3-4-10(16)7-11(9)17/h3-4,7-8H,5-6H2,1-2H3,(H,19,24)(H,20,22)/b18-8-. The molecule has 4 amide bonds. The van der Waals surface area contributed by atoms with Gasteiger partial charge in [-0.05, 0) is 26.0 Å². The van der Waals surface area contributed by atoms with Gasteiger partial charge in [0.25, 0.3) is 5.91 Å². The number of amides is 4. The van der Waals surface area contributed by atoms with Gasteiger partial charge < -0.3 is 5.32 Å². The first-order valence-corrected chi connectivity index (χ1v) is 7.87. The fraction of sp³-hybridized carbons (Fsp3) is 0.333. The number of nitrogens with zero attached hydrogens (tertiary/aromatic N) is 2. The molecule has 0 bridgehead atoms. The number of benzene rings is 1. The molecule has 1 fully saturated rings. The number of hydrazone groups is 1. The summed E-state index contributed by atoms with van der Waals surface area (Å²) in [5.41, 5.74) is 1.96. The quantitative estimate of drug-likeness (QED) is 0.472. The molecule has 2 rings (SSSR count). The third-order valence-corrected chi connectivity index (χ3v) is 3.92. The number of halogens is 2. The fourth-order valence-corrected chi connectivity index (χ4v) is 2.53. The number of urea groups is 1. The van der Waals surface area contributed by atoms with Gasteiger partial charge in [0, 0.05) is 23.6 Å². The highest BCUT2D eigenvalue weighted by molar-refractivity contribution is 6.36. The molecule has 0 aliphatic carbocycles. The SMILES string of the molecule is CC1(C)NC(=O)N(CCC(=O)N/N=C\c2ccc(Cl)cc2Cl)C1=O. The number of nitrogens with one attached hydrogen (secondary N) is 2. The van der Waals surface area contributed by atoms with Crippen LogP contribution in [0.15, 0.2) is 23.3 Å². The summed E-state index contributed by atoms with van der Waals surface area (Å²) in [4.78, 5) is 36.4. The van der Waals surface area contributed by atoms with Gasteiger partial charge in [-0.15, -0.1) is 0 Å². The topological polar surface area (TPSA) is 90.9 Å². The molecule has 0 saturated carbocycles. The lowest BCUT2D eigenvalue weighted by atomic mass is 10.1. The molecule has 7 nitrogen and oxygen atoms in total. The number of hydrogen-bond donors (Lipinski definition) is 2. The van der Waals surface area contributed by atoms with E-state index in [1.54, 1.807) is 32.0 Å². The first-order chi connectivity index (χ1) is 11.2. The molecule has 1 aliphatic heterocycles. The van der Waals surface area contributed by atoms with E-state index in [1.807, 2.05) is 0 Å². The molecule has 24 heavy (non-hydrogen) atoms. The van der Waals surface area contributed by atoms with Crippen molar-refractivity contribution in [3.05, 3.63) is 33.8 Å². The van der Waals surface area contributed by atoms with Crippen LogP contribution in [-0.2, 0) is 9.59 Å². The van der Waals surface area contributed by atoms with Crippen LogP contribution in [0.4, 0.5) is 4.79 Å². The van der Waals surface area contributed by atoms with Crippen molar-refractivity contribution in [2.45, 2.75) is 25.8 Å². The van der Waals surface area contributed by atoms with Crippen molar-refractivity contribution in [2.24, 2.45) is 5.10 Å². The second kappa shape index (κ2) is 7.19. The van der Waals surface area contributed by atoms with Crippen LogP contribution in [0.2, 0.25) is 10.0 Å². The van der Waals surface area contributed by atoms with Crippen LogP contribution in [0.5, 0.6) is 0 Å². The largest absolute Gasteiger partial charge is 0.325 e. The van der Waals surface area contributed by atoms with E-state index in [0.29, 0.717) is 15.6 Å². The summed E-state index contributed by atoms with van der Waals surface area (Å²) in [7, 11) is 0. The monoisotopic (exact) mass is 370 g/mol. The van der Waals surface area contributed by atoms with Crippen LogP contribution < -0.4 is 10.7 Å². The molecule has 128 valence electrons. The van der Waals surface area contributed by atoms with Crippen LogP contribution in [-0.4, -0.2) is 41.0 Å². The van der Waals surface area contributed by atoms with E-state index in [4.69, 9.17) is 23.2 Å². The zero-order chi connectivity index (χ0) is 17.9. The fourth-order valence-electron chi connectivity index (χ4n) is 2.07. The normalized spacial score (nSPS) is 16.6. The van der Waals surface area contributed by atoms with Crippen LogP contribution in [0.1, 0.15) is 25.8 Å². The average molecular weight is 371 g/mol. The van der Waals surface area contributed by atoms with Crippen LogP contribution in [0.25, 0.3) is 0 Å². The van der Waals surface area contributed by atoms with Crippen molar-refractivity contribution >= 4 is 47.3 Å². The Morgan fingerprint density at radius 2 is 2.08 bits per heavy atom. The Labute approximate surface area is 149 Å². The molecule has 2 N–H and O–H groups in total. The number of carbonyl (C=O) groups is 3. The van der Waals surface area contributed by atoms with Gasteiger partial charge in [-0.3, -0.25) is 14.5 Å². The number of hydrogen-bond acceptors (Lipinski definition) is 4. The van der Waals surface area contributed by atoms with Crippen molar-refractivity contribution in [1.29, 1.82) is 0 Å². The van der Waals surface area contributed by atoms with Crippen molar-refractivity contribution in [3.63, 3.8) is 0 Å². The minimum atomic E-state index is -0.947. The first-order valence-electron chi connectivity index (χ1n) is 7.12. The Morgan fingerprint density at radius 3 is 2.67 bits per heavy atom. The van der Waals surface area contributed by atoms with Gasteiger partial charge in [0.05, 0.1) is 11.2 Å². The van der Waals surface area contributed by atoms with Gasteiger partial charge in [0.2, 0.25) is 5.91 Å². The molecule has 0 atom stereocenters. The van der Waals surface area contributed by atoms with Gasteiger partial charge in [0.1, 0.15) is 5.54 Å². The third kappa shape index (κ3) is 4.24. The van der Waals surface area contributed by atoms with Gasteiger partial charge in [-0.2, -0.15) is 5.10 Å². The zero-order valence-corrected chi connectivity index (χ0v) is 14.6. The van der Waals surface area contributed by atoms with E-state index < -0.39 is 17.5 Å². The summed E-state index contributed by atoms with van der Waals surface area (Å²) >= 11 is 11.8. The molecule has 1 aliphatic rings. The summed E-state index contributed by atoms with van der Waals surface area (Å²) in [6.07, 6.45) is 1.33. The molecular weight excluding hydrogens is 355 g/mol. The molecule has 0 radical (unpaired) electrons. The van der Waals surface area contributed by atoms with E-state index in [1.165, 1.54) is 6.21 Å². The molecule has 0 aromatic heterocycles. The molecule has 9 heteroatoms. The van der Waals surface area contributed by atoms with Gasteiger partial charge >= 0.3 is 6.03 Å². The number of carbonyl (C=O) groups excluding carboxylic acids is 3. The van der Waals surface area contributed by atoms with Gasteiger partial charge in [-0.25, -0.2) is 10.2 Å². The Bertz CT molecular complexity index is 719. The maximum atomic E-state index is 12.0. The molecular formula is C15H16Cl2N4O3. The lowest BCUT2D eigenvalue weighted by Crippen LogP contribution is -2.40.